The lowest BCUT2D eigenvalue weighted by Crippen LogP contribution is -2.51. The maximum atomic E-state index is 11.8. The van der Waals surface area contributed by atoms with Crippen LogP contribution in [0.3, 0.4) is 0 Å². The topological polar surface area (TPSA) is 104 Å². The number of rotatable bonds is 8. The van der Waals surface area contributed by atoms with Gasteiger partial charge in [0.1, 0.15) is 6.04 Å². The van der Waals surface area contributed by atoms with Crippen LogP contribution in [0.4, 0.5) is 4.79 Å². The van der Waals surface area contributed by atoms with Gasteiger partial charge in [-0.1, -0.05) is 20.8 Å². The van der Waals surface area contributed by atoms with Crippen molar-refractivity contribution in [1.82, 2.24) is 10.6 Å². The van der Waals surface area contributed by atoms with E-state index in [4.69, 9.17) is 10.8 Å². The van der Waals surface area contributed by atoms with Crippen LogP contribution in [0.15, 0.2) is 0 Å². The molecule has 5 N–H and O–H groups in total. The second kappa shape index (κ2) is 8.74. The Bertz CT molecular complexity index is 269. The smallest absolute Gasteiger partial charge is 0.312 e. The molecule has 0 aromatic rings. The fraction of sp³-hybridized carbons (Fsp3) is 0.833. The molecule has 2 atom stereocenters. The number of carbonyl (C=O) groups excluding carboxylic acids is 2. The molecule has 2 unspecified atom stereocenters. The third-order valence-corrected chi connectivity index (χ3v) is 2.73. The summed E-state index contributed by atoms with van der Waals surface area (Å²) < 4.78 is 0. The highest BCUT2D eigenvalue weighted by Gasteiger charge is 2.22. The lowest BCUT2D eigenvalue weighted by atomic mass is 10.0. The number of amides is 3. The minimum Gasteiger partial charge on any atom is -0.396 e. The average Bonchev–Trinajstić information content (AvgIpc) is 2.30. The first-order chi connectivity index (χ1) is 8.38. The SMILES string of the molecule is CC(CO)CCCNC(=O)C(NC(N)=O)C(C)C. The van der Waals surface area contributed by atoms with E-state index < -0.39 is 12.1 Å². The number of urea groups is 1. The van der Waals surface area contributed by atoms with Crippen molar-refractivity contribution in [3.05, 3.63) is 0 Å². The lowest BCUT2D eigenvalue weighted by molar-refractivity contribution is -0.123. The molecule has 0 bridgehead atoms. The largest absolute Gasteiger partial charge is 0.396 e. The Labute approximate surface area is 108 Å². The van der Waals surface area contributed by atoms with Gasteiger partial charge >= 0.3 is 6.03 Å². The van der Waals surface area contributed by atoms with Crippen LogP contribution in [-0.2, 0) is 4.79 Å². The fourth-order valence-electron chi connectivity index (χ4n) is 1.55. The van der Waals surface area contributed by atoms with Gasteiger partial charge in [0.2, 0.25) is 5.91 Å². The summed E-state index contributed by atoms with van der Waals surface area (Å²) in [5.74, 6) is 0.000796. The zero-order valence-electron chi connectivity index (χ0n) is 11.4. The Morgan fingerprint density at radius 1 is 1.28 bits per heavy atom. The maximum Gasteiger partial charge on any atom is 0.312 e. The Morgan fingerprint density at radius 3 is 2.33 bits per heavy atom. The first-order valence-corrected chi connectivity index (χ1v) is 6.33. The van der Waals surface area contributed by atoms with Gasteiger partial charge in [0.05, 0.1) is 0 Å². The molecule has 0 aliphatic heterocycles. The van der Waals surface area contributed by atoms with E-state index in [1.165, 1.54) is 0 Å². The predicted octanol–water partition coefficient (Wildman–Crippen LogP) is 0.204. The Kier molecular flexibility index (Phi) is 8.11. The molecular weight excluding hydrogens is 234 g/mol. The van der Waals surface area contributed by atoms with Crippen LogP contribution < -0.4 is 16.4 Å². The van der Waals surface area contributed by atoms with E-state index in [1.807, 2.05) is 20.8 Å². The molecule has 0 saturated carbocycles. The molecule has 18 heavy (non-hydrogen) atoms. The van der Waals surface area contributed by atoms with Crippen molar-refractivity contribution in [2.24, 2.45) is 17.6 Å². The van der Waals surface area contributed by atoms with E-state index in [1.54, 1.807) is 0 Å². The normalized spacial score (nSPS) is 14.1. The maximum absolute atomic E-state index is 11.8. The summed E-state index contributed by atoms with van der Waals surface area (Å²) >= 11 is 0. The highest BCUT2D eigenvalue weighted by atomic mass is 16.3. The van der Waals surface area contributed by atoms with E-state index in [9.17, 15) is 9.59 Å². The number of nitrogens with one attached hydrogen (secondary N) is 2. The summed E-state index contributed by atoms with van der Waals surface area (Å²) in [6, 6.07) is -1.30. The molecule has 0 saturated heterocycles. The lowest BCUT2D eigenvalue weighted by Gasteiger charge is -2.20. The molecule has 106 valence electrons. The van der Waals surface area contributed by atoms with Crippen molar-refractivity contribution in [2.45, 2.75) is 39.7 Å². The number of primary amides is 1. The summed E-state index contributed by atoms with van der Waals surface area (Å²) in [5.41, 5.74) is 5.02. The van der Waals surface area contributed by atoms with Crippen LogP contribution in [0.5, 0.6) is 0 Å². The number of aliphatic hydroxyl groups excluding tert-OH is 1. The third kappa shape index (κ3) is 7.11. The van der Waals surface area contributed by atoms with Crippen LogP contribution in [0.2, 0.25) is 0 Å². The Hall–Kier alpha value is -1.30. The quantitative estimate of drug-likeness (QED) is 0.468. The Balaban J connectivity index is 4.00. The second-order valence-corrected chi connectivity index (χ2v) is 4.95. The molecule has 0 spiro atoms. The zero-order valence-corrected chi connectivity index (χ0v) is 11.4. The van der Waals surface area contributed by atoms with Crippen LogP contribution in [0.1, 0.15) is 33.6 Å². The zero-order chi connectivity index (χ0) is 14.1. The van der Waals surface area contributed by atoms with Crippen molar-refractivity contribution < 1.29 is 14.7 Å². The van der Waals surface area contributed by atoms with Gasteiger partial charge in [-0.25, -0.2) is 4.79 Å². The van der Waals surface area contributed by atoms with E-state index in [0.29, 0.717) is 6.54 Å². The molecule has 0 aromatic carbocycles. The molecule has 0 heterocycles. The van der Waals surface area contributed by atoms with Crippen molar-refractivity contribution in [3.8, 4) is 0 Å². The number of nitrogens with two attached hydrogens (primary N) is 1. The van der Waals surface area contributed by atoms with Gasteiger partial charge in [-0.2, -0.15) is 0 Å². The second-order valence-electron chi connectivity index (χ2n) is 4.95. The predicted molar refractivity (Wildman–Crippen MR) is 69.8 cm³/mol. The van der Waals surface area contributed by atoms with Crippen LogP contribution in [0.25, 0.3) is 0 Å². The van der Waals surface area contributed by atoms with Gasteiger partial charge in [-0.05, 0) is 24.7 Å². The van der Waals surface area contributed by atoms with Gasteiger partial charge in [0.25, 0.3) is 0 Å². The van der Waals surface area contributed by atoms with Gasteiger partial charge in [0, 0.05) is 13.2 Å². The Morgan fingerprint density at radius 2 is 1.89 bits per heavy atom. The molecule has 6 nitrogen and oxygen atoms in total. The first kappa shape index (κ1) is 16.7. The molecule has 0 aliphatic carbocycles. The molecule has 0 aliphatic rings. The van der Waals surface area contributed by atoms with E-state index in [2.05, 4.69) is 10.6 Å². The van der Waals surface area contributed by atoms with Crippen molar-refractivity contribution in [2.75, 3.05) is 13.2 Å². The van der Waals surface area contributed by atoms with E-state index in [-0.39, 0.29) is 24.3 Å². The molecule has 6 heteroatoms. The first-order valence-electron chi connectivity index (χ1n) is 6.33. The molecule has 0 radical (unpaired) electrons. The minimum absolute atomic E-state index is 0.0196. The van der Waals surface area contributed by atoms with Gasteiger partial charge in [-0.15, -0.1) is 0 Å². The highest BCUT2D eigenvalue weighted by molar-refractivity contribution is 5.86. The molecular formula is C12H25N3O3. The van der Waals surface area contributed by atoms with Gasteiger partial charge in [-0.3, -0.25) is 4.79 Å². The highest BCUT2D eigenvalue weighted by Crippen LogP contribution is 2.04. The number of aliphatic hydroxyl groups is 1. The summed E-state index contributed by atoms with van der Waals surface area (Å²) in [5, 5.41) is 14.0. The van der Waals surface area contributed by atoms with E-state index >= 15 is 0 Å². The van der Waals surface area contributed by atoms with Crippen molar-refractivity contribution in [3.63, 3.8) is 0 Å². The minimum atomic E-state index is -0.697. The summed E-state index contributed by atoms with van der Waals surface area (Å²) in [4.78, 5) is 22.6. The van der Waals surface area contributed by atoms with Crippen molar-refractivity contribution in [1.29, 1.82) is 0 Å². The fourth-order valence-corrected chi connectivity index (χ4v) is 1.55. The van der Waals surface area contributed by atoms with Gasteiger partial charge in [0.15, 0.2) is 0 Å². The summed E-state index contributed by atoms with van der Waals surface area (Å²) in [6.45, 7) is 6.33. The average molecular weight is 259 g/mol. The molecule has 0 rings (SSSR count). The van der Waals surface area contributed by atoms with E-state index in [0.717, 1.165) is 12.8 Å². The number of hydrogen-bond donors (Lipinski definition) is 4. The molecule has 0 aromatic heterocycles. The molecule has 0 fully saturated rings. The van der Waals surface area contributed by atoms with Gasteiger partial charge < -0.3 is 21.5 Å². The monoisotopic (exact) mass is 259 g/mol. The third-order valence-electron chi connectivity index (χ3n) is 2.73. The summed E-state index contributed by atoms with van der Waals surface area (Å²) in [6.07, 6.45) is 1.65. The molecule has 3 amide bonds. The summed E-state index contributed by atoms with van der Waals surface area (Å²) in [7, 11) is 0. The van der Waals surface area contributed by atoms with Crippen molar-refractivity contribution >= 4 is 11.9 Å². The number of carbonyl (C=O) groups is 2. The van der Waals surface area contributed by atoms with Crippen LogP contribution >= 0.6 is 0 Å². The van der Waals surface area contributed by atoms with Crippen LogP contribution in [0, 0.1) is 11.8 Å². The number of hydrogen-bond acceptors (Lipinski definition) is 3. The van der Waals surface area contributed by atoms with Crippen LogP contribution in [-0.4, -0.2) is 36.2 Å². The standard InChI is InChI=1S/C12H25N3O3/c1-8(2)10(15-12(13)18)11(17)14-6-4-5-9(3)7-16/h8-10,16H,4-7H2,1-3H3,(H,14,17)(H3,13,15,18).